The van der Waals surface area contributed by atoms with Crippen LogP contribution in [0.5, 0.6) is 0 Å². The molecule has 0 aromatic carbocycles. The van der Waals surface area contributed by atoms with E-state index in [4.69, 9.17) is 34.7 Å². The molecule has 1 heterocycles. The third-order valence-electron chi connectivity index (χ3n) is 2.98. The van der Waals surface area contributed by atoms with Crippen LogP contribution in [0.2, 0.25) is 18.1 Å². The van der Waals surface area contributed by atoms with Gasteiger partial charge in [0.15, 0.2) is 0 Å². The molecule has 0 amide bonds. The van der Waals surface area contributed by atoms with Crippen LogP contribution in [-0.4, -0.2) is 19.7 Å². The first kappa shape index (κ1) is 15.8. The number of hydrogen-bond donors (Lipinski definition) is 0. The van der Waals surface area contributed by atoms with Crippen molar-refractivity contribution in [3.8, 4) is 0 Å². The van der Waals surface area contributed by atoms with Crippen LogP contribution in [0, 0.1) is 0 Å². The van der Waals surface area contributed by atoms with E-state index in [2.05, 4.69) is 24.6 Å². The molecule has 0 aromatic heterocycles. The lowest BCUT2D eigenvalue weighted by molar-refractivity contribution is 1.40. The van der Waals surface area contributed by atoms with E-state index < -0.39 is 14.3 Å². The summed E-state index contributed by atoms with van der Waals surface area (Å²) in [5.74, 6) is 0. The van der Waals surface area contributed by atoms with Gasteiger partial charge in [-0.25, -0.2) is 0 Å². The zero-order valence-electron chi connectivity index (χ0n) is 10.1. The fourth-order valence-corrected chi connectivity index (χ4v) is 7.24. The second-order valence-electron chi connectivity index (χ2n) is 4.23. The van der Waals surface area contributed by atoms with Crippen molar-refractivity contribution >= 4 is 54.3 Å². The molecule has 0 radical (unpaired) electrons. The second-order valence-corrected chi connectivity index (χ2v) is 9.69. The molecule has 0 atom stereocenters. The normalized spacial score (nSPS) is 15.7. The highest BCUT2D eigenvalue weighted by molar-refractivity contribution is 7.21. The molecule has 1 rings (SSSR count). The number of allylic oxidation sites excluding steroid dienone is 4. The van der Waals surface area contributed by atoms with Gasteiger partial charge >= 0.3 is 6.26 Å². The molecule has 1 nitrogen and oxygen atoms in total. The lowest BCUT2D eigenvalue weighted by Gasteiger charge is -2.29. The quantitative estimate of drug-likeness (QED) is 0.465. The monoisotopic (exact) mass is 317 g/mol. The van der Waals surface area contributed by atoms with Crippen molar-refractivity contribution in [2.45, 2.75) is 18.1 Å². The molecule has 0 N–H and O–H groups in total. The van der Waals surface area contributed by atoms with Crippen LogP contribution in [0.25, 0.3) is 0 Å². The van der Waals surface area contributed by atoms with E-state index in [1.165, 1.54) is 0 Å². The van der Waals surface area contributed by atoms with Crippen molar-refractivity contribution in [1.29, 1.82) is 0 Å². The van der Waals surface area contributed by atoms with Crippen LogP contribution in [-0.2, 0) is 0 Å². The maximum absolute atomic E-state index is 6.28. The van der Waals surface area contributed by atoms with Crippen molar-refractivity contribution in [3.05, 3.63) is 47.9 Å². The van der Waals surface area contributed by atoms with E-state index in [-0.39, 0.29) is 0 Å². The van der Waals surface area contributed by atoms with Crippen molar-refractivity contribution in [1.82, 2.24) is 0 Å². The highest BCUT2D eigenvalue weighted by Crippen LogP contribution is 2.36. The number of hydrogen-bond acceptors (Lipinski definition) is 1. The molecule has 0 saturated heterocycles. The van der Waals surface area contributed by atoms with Gasteiger partial charge in [-0.15, -0.1) is 19.7 Å². The first-order chi connectivity index (χ1) is 8.52. The van der Waals surface area contributed by atoms with Gasteiger partial charge in [0.2, 0.25) is 0 Å². The van der Waals surface area contributed by atoms with E-state index in [0.29, 0.717) is 9.96 Å². The molecule has 0 bridgehead atoms. The summed E-state index contributed by atoms with van der Waals surface area (Å²) in [5.41, 5.74) is 0. The molecule has 6 heteroatoms. The SMILES string of the molecule is C=CC[Si](CC=C)(CC=C)C1=NB(Cl)C(Cl)=C1Cl. The largest absolute Gasteiger partial charge is 0.426 e. The first-order valence-electron chi connectivity index (χ1n) is 5.63. The Morgan fingerprint density at radius 1 is 1.06 bits per heavy atom. The fourth-order valence-electron chi connectivity index (χ4n) is 2.18. The minimum Gasteiger partial charge on any atom is -0.323 e. The van der Waals surface area contributed by atoms with E-state index in [1.54, 1.807) is 0 Å². The predicted molar refractivity (Wildman–Crippen MR) is 88.5 cm³/mol. The van der Waals surface area contributed by atoms with Gasteiger partial charge < -0.3 is 4.90 Å². The van der Waals surface area contributed by atoms with Crippen molar-refractivity contribution < 1.29 is 0 Å². The van der Waals surface area contributed by atoms with Gasteiger partial charge in [0.25, 0.3) is 0 Å². The fraction of sp³-hybridized carbons (Fsp3) is 0.250. The average Bonchev–Trinajstić information content (AvgIpc) is 2.58. The van der Waals surface area contributed by atoms with E-state index in [1.807, 2.05) is 18.2 Å². The number of rotatable bonds is 7. The molecular formula is C12H15BCl3NSi. The van der Waals surface area contributed by atoms with Gasteiger partial charge in [-0.2, -0.15) is 11.5 Å². The average molecular weight is 319 g/mol. The van der Waals surface area contributed by atoms with Crippen molar-refractivity contribution in [2.75, 3.05) is 0 Å². The summed E-state index contributed by atoms with van der Waals surface area (Å²) in [6.45, 7) is 11.5. The topological polar surface area (TPSA) is 12.4 Å². The standard InChI is InChI=1S/C12H15BCl3NSi/c1-4-7-18(8-5-2,9-6-3)12-10(14)11(15)13(16)17-12/h4-6H,1-3,7-9H2. The Kier molecular flexibility index (Phi) is 5.99. The minimum atomic E-state index is -1.97. The molecule has 0 fully saturated rings. The minimum absolute atomic E-state index is 0.419. The molecule has 0 unspecified atom stereocenters. The molecule has 96 valence electrons. The Balaban J connectivity index is 3.26. The molecule has 1 aliphatic rings. The predicted octanol–water partition coefficient (Wildman–Crippen LogP) is 4.94. The van der Waals surface area contributed by atoms with Gasteiger partial charge in [0.05, 0.1) is 5.03 Å². The maximum atomic E-state index is 6.28. The Labute approximate surface area is 125 Å². The zero-order chi connectivity index (χ0) is 13.8. The number of halogens is 3. The van der Waals surface area contributed by atoms with Crippen LogP contribution in [0.4, 0.5) is 0 Å². The highest BCUT2D eigenvalue weighted by Gasteiger charge is 2.42. The smallest absolute Gasteiger partial charge is 0.323 e. The van der Waals surface area contributed by atoms with Crippen LogP contribution in [0.3, 0.4) is 0 Å². The summed E-state index contributed by atoms with van der Waals surface area (Å²) >= 11 is 18.4. The molecule has 0 saturated carbocycles. The number of nitrogens with zero attached hydrogens (tertiary/aromatic N) is 1. The van der Waals surface area contributed by atoms with E-state index >= 15 is 0 Å². The molecule has 0 aromatic rings. The Morgan fingerprint density at radius 3 is 1.78 bits per heavy atom. The van der Waals surface area contributed by atoms with Crippen LogP contribution >= 0.6 is 34.7 Å². The molecule has 18 heavy (non-hydrogen) atoms. The van der Waals surface area contributed by atoms with Gasteiger partial charge in [0, 0.05) is 10.3 Å². The maximum Gasteiger partial charge on any atom is 0.426 e. The molecule has 1 aliphatic heterocycles. The Hall–Kier alpha value is -0.218. The Morgan fingerprint density at radius 2 is 1.50 bits per heavy atom. The van der Waals surface area contributed by atoms with Crippen LogP contribution in [0.15, 0.2) is 52.8 Å². The Bertz CT molecular complexity index is 405. The van der Waals surface area contributed by atoms with E-state index in [9.17, 15) is 0 Å². The lowest BCUT2D eigenvalue weighted by Crippen LogP contribution is -2.42. The summed E-state index contributed by atoms with van der Waals surface area (Å²) in [5, 5.41) is 1.38. The van der Waals surface area contributed by atoms with Gasteiger partial charge in [0.1, 0.15) is 8.07 Å². The summed E-state index contributed by atoms with van der Waals surface area (Å²) in [6.07, 6.45) is 5.16. The molecule has 0 aliphatic carbocycles. The summed E-state index contributed by atoms with van der Waals surface area (Å²) in [7, 11) is -1.97. The van der Waals surface area contributed by atoms with Crippen molar-refractivity contribution in [2.24, 2.45) is 4.90 Å². The summed E-state index contributed by atoms with van der Waals surface area (Å²) < 4.78 is 0. The first-order valence-corrected chi connectivity index (χ1v) is 9.44. The van der Waals surface area contributed by atoms with E-state index in [0.717, 1.165) is 23.5 Å². The third-order valence-corrected chi connectivity index (χ3v) is 9.03. The van der Waals surface area contributed by atoms with Gasteiger partial charge in [-0.3, -0.25) is 0 Å². The zero-order valence-corrected chi connectivity index (χ0v) is 13.4. The third kappa shape index (κ3) is 3.02. The van der Waals surface area contributed by atoms with Crippen LogP contribution in [0.1, 0.15) is 0 Å². The summed E-state index contributed by atoms with van der Waals surface area (Å²) in [6, 6.07) is 2.57. The van der Waals surface area contributed by atoms with Crippen LogP contribution < -0.4 is 0 Å². The van der Waals surface area contributed by atoms with Gasteiger partial charge in [-0.05, 0) is 18.1 Å². The molecular weight excluding hydrogens is 303 g/mol. The van der Waals surface area contributed by atoms with Crippen molar-refractivity contribution in [3.63, 3.8) is 0 Å². The lowest BCUT2D eigenvalue weighted by atomic mass is 9.96. The summed E-state index contributed by atoms with van der Waals surface area (Å²) in [4.78, 5) is 4.86. The highest BCUT2D eigenvalue weighted by atomic mass is 35.5. The molecule has 0 spiro atoms. The second kappa shape index (κ2) is 6.81. The van der Waals surface area contributed by atoms with Gasteiger partial charge in [-0.1, -0.05) is 41.4 Å².